The minimum Gasteiger partial charge on any atom is -0.384 e. The van der Waals surface area contributed by atoms with Gasteiger partial charge in [-0.25, -0.2) is 0 Å². The van der Waals surface area contributed by atoms with Crippen LogP contribution in [-0.4, -0.2) is 30.7 Å². The fourth-order valence-electron chi connectivity index (χ4n) is 3.58. The molecule has 1 aliphatic rings. The smallest absolute Gasteiger partial charge is 0.256 e. The van der Waals surface area contributed by atoms with Crippen LogP contribution in [-0.2, 0) is 25.7 Å². The summed E-state index contributed by atoms with van der Waals surface area (Å²) in [5.74, 6) is 0.0352. The molecular formula is C22H24N4O2. The number of benzene rings is 1. The largest absolute Gasteiger partial charge is 0.384 e. The Morgan fingerprint density at radius 2 is 2.00 bits per heavy atom. The van der Waals surface area contributed by atoms with E-state index in [4.69, 9.17) is 0 Å². The van der Waals surface area contributed by atoms with Gasteiger partial charge in [-0.1, -0.05) is 12.1 Å². The monoisotopic (exact) mass is 376 g/mol. The zero-order chi connectivity index (χ0) is 20.1. The summed E-state index contributed by atoms with van der Waals surface area (Å²) >= 11 is 0. The molecule has 28 heavy (non-hydrogen) atoms. The van der Waals surface area contributed by atoms with Crippen molar-refractivity contribution < 1.29 is 9.90 Å². The van der Waals surface area contributed by atoms with Crippen LogP contribution < -0.4 is 0 Å². The third kappa shape index (κ3) is 3.20. The molecule has 3 aromatic rings. The zero-order valence-electron chi connectivity index (χ0n) is 16.6. The van der Waals surface area contributed by atoms with Crippen LogP contribution in [0.2, 0.25) is 0 Å². The average Bonchev–Trinajstić information content (AvgIpc) is 3.18. The number of rotatable bonds is 4. The fraction of sp³-hybridized carbons (Fsp3) is 0.318. The van der Waals surface area contributed by atoms with Crippen LogP contribution in [0.3, 0.4) is 0 Å². The van der Waals surface area contributed by atoms with Gasteiger partial charge in [-0.3, -0.25) is 14.5 Å². The van der Waals surface area contributed by atoms with E-state index in [1.807, 2.05) is 30.1 Å². The highest BCUT2D eigenvalue weighted by Crippen LogP contribution is 2.28. The molecule has 0 spiro atoms. The van der Waals surface area contributed by atoms with Gasteiger partial charge in [0.2, 0.25) is 0 Å². The third-order valence-electron chi connectivity index (χ3n) is 5.25. The molecule has 6 heteroatoms. The Morgan fingerprint density at radius 1 is 1.21 bits per heavy atom. The lowest BCUT2D eigenvalue weighted by atomic mass is 10.0. The summed E-state index contributed by atoms with van der Waals surface area (Å²) in [4.78, 5) is 18.7. The first-order valence-corrected chi connectivity index (χ1v) is 9.34. The molecule has 1 N–H and O–H groups in total. The lowest BCUT2D eigenvalue weighted by Crippen LogP contribution is -2.23. The summed E-state index contributed by atoms with van der Waals surface area (Å²) in [6.45, 7) is 6.62. The van der Waals surface area contributed by atoms with Crippen LogP contribution in [0.1, 0.15) is 46.7 Å². The SMILES string of the molecule is Cc1cc(-c2cc(C(C)(C)O)nn2C)ccc1CN1Cc2ncccc2C1=O. The average molecular weight is 376 g/mol. The van der Waals surface area contributed by atoms with Crippen molar-refractivity contribution in [1.82, 2.24) is 19.7 Å². The van der Waals surface area contributed by atoms with E-state index >= 15 is 0 Å². The van der Waals surface area contributed by atoms with E-state index < -0.39 is 5.60 Å². The molecule has 0 fully saturated rings. The van der Waals surface area contributed by atoms with Crippen molar-refractivity contribution in [3.05, 3.63) is 70.7 Å². The van der Waals surface area contributed by atoms with E-state index in [9.17, 15) is 9.90 Å². The van der Waals surface area contributed by atoms with Gasteiger partial charge in [-0.05, 0) is 56.2 Å². The summed E-state index contributed by atoms with van der Waals surface area (Å²) in [6.07, 6.45) is 1.73. The molecule has 1 aromatic carbocycles. The molecule has 0 bridgehead atoms. The number of carbonyl (C=O) groups excluding carboxylic acids is 1. The van der Waals surface area contributed by atoms with E-state index in [1.165, 1.54) is 0 Å². The maximum atomic E-state index is 12.6. The predicted molar refractivity (Wildman–Crippen MR) is 106 cm³/mol. The van der Waals surface area contributed by atoms with Gasteiger partial charge in [-0.15, -0.1) is 0 Å². The van der Waals surface area contributed by atoms with Crippen molar-refractivity contribution in [1.29, 1.82) is 0 Å². The molecule has 2 aromatic heterocycles. The van der Waals surface area contributed by atoms with Crippen molar-refractivity contribution in [3.8, 4) is 11.3 Å². The quantitative estimate of drug-likeness (QED) is 0.759. The molecule has 144 valence electrons. The number of hydrogen-bond donors (Lipinski definition) is 1. The van der Waals surface area contributed by atoms with Crippen molar-refractivity contribution >= 4 is 5.91 Å². The molecule has 0 radical (unpaired) electrons. The number of nitrogens with zero attached hydrogens (tertiary/aromatic N) is 4. The summed E-state index contributed by atoms with van der Waals surface area (Å²) in [5.41, 5.74) is 5.39. The number of aromatic nitrogens is 3. The number of pyridine rings is 1. The second kappa shape index (κ2) is 6.56. The van der Waals surface area contributed by atoms with E-state index in [0.29, 0.717) is 24.3 Å². The predicted octanol–water partition coefficient (Wildman–Crippen LogP) is 3.17. The second-order valence-corrected chi connectivity index (χ2v) is 7.90. The molecule has 0 saturated carbocycles. The van der Waals surface area contributed by atoms with Crippen molar-refractivity contribution in [2.24, 2.45) is 7.05 Å². The minimum absolute atomic E-state index is 0.0352. The van der Waals surface area contributed by atoms with Crippen LogP contribution >= 0.6 is 0 Å². The number of aliphatic hydroxyl groups is 1. The zero-order valence-corrected chi connectivity index (χ0v) is 16.6. The number of aryl methyl sites for hydroxylation is 2. The summed E-state index contributed by atoms with van der Waals surface area (Å²) < 4.78 is 1.79. The molecule has 1 aliphatic heterocycles. The fourth-order valence-corrected chi connectivity index (χ4v) is 3.58. The van der Waals surface area contributed by atoms with Gasteiger partial charge in [0.15, 0.2) is 0 Å². The Hall–Kier alpha value is -2.99. The number of amides is 1. The van der Waals surface area contributed by atoms with Crippen molar-refractivity contribution in [3.63, 3.8) is 0 Å². The topological polar surface area (TPSA) is 71.2 Å². The normalized spacial score (nSPS) is 13.9. The van der Waals surface area contributed by atoms with Gasteiger partial charge >= 0.3 is 0 Å². The van der Waals surface area contributed by atoms with Gasteiger partial charge in [0.05, 0.1) is 29.2 Å². The lowest BCUT2D eigenvalue weighted by Gasteiger charge is -2.17. The second-order valence-electron chi connectivity index (χ2n) is 7.90. The molecule has 6 nitrogen and oxygen atoms in total. The third-order valence-corrected chi connectivity index (χ3v) is 5.25. The molecule has 0 unspecified atom stereocenters. The van der Waals surface area contributed by atoms with Crippen LogP contribution in [0.15, 0.2) is 42.6 Å². The Balaban J connectivity index is 1.58. The number of hydrogen-bond acceptors (Lipinski definition) is 4. The highest BCUT2D eigenvalue weighted by atomic mass is 16.3. The van der Waals surface area contributed by atoms with Gasteiger partial charge in [0, 0.05) is 25.4 Å². The minimum atomic E-state index is -0.982. The Bertz CT molecular complexity index is 1060. The number of carbonyl (C=O) groups is 1. The molecule has 3 heterocycles. The van der Waals surface area contributed by atoms with Crippen LogP contribution in [0.5, 0.6) is 0 Å². The Labute approximate surface area is 164 Å². The van der Waals surface area contributed by atoms with Gasteiger partial charge < -0.3 is 10.0 Å². The van der Waals surface area contributed by atoms with Gasteiger partial charge in [0.25, 0.3) is 5.91 Å². The first-order chi connectivity index (χ1) is 13.2. The Morgan fingerprint density at radius 3 is 2.64 bits per heavy atom. The molecule has 0 saturated heterocycles. The summed E-state index contributed by atoms with van der Waals surface area (Å²) in [5, 5.41) is 14.6. The van der Waals surface area contributed by atoms with Crippen molar-refractivity contribution in [2.75, 3.05) is 0 Å². The van der Waals surface area contributed by atoms with Gasteiger partial charge in [-0.2, -0.15) is 5.10 Å². The van der Waals surface area contributed by atoms with E-state index in [0.717, 1.165) is 28.1 Å². The lowest BCUT2D eigenvalue weighted by molar-refractivity contribution is 0.0731. The van der Waals surface area contributed by atoms with E-state index in [2.05, 4.69) is 29.1 Å². The van der Waals surface area contributed by atoms with Crippen LogP contribution in [0.4, 0.5) is 0 Å². The van der Waals surface area contributed by atoms with Gasteiger partial charge in [0.1, 0.15) is 5.60 Å². The molecule has 0 aliphatic carbocycles. The first-order valence-electron chi connectivity index (χ1n) is 9.34. The van der Waals surface area contributed by atoms with Crippen LogP contribution in [0.25, 0.3) is 11.3 Å². The van der Waals surface area contributed by atoms with E-state index in [1.54, 1.807) is 30.8 Å². The maximum absolute atomic E-state index is 12.6. The summed E-state index contributed by atoms with van der Waals surface area (Å²) in [6, 6.07) is 11.8. The molecule has 0 atom stereocenters. The first kappa shape index (κ1) is 18.4. The highest BCUT2D eigenvalue weighted by Gasteiger charge is 2.28. The Kier molecular flexibility index (Phi) is 4.31. The maximum Gasteiger partial charge on any atom is 0.256 e. The van der Waals surface area contributed by atoms with Crippen molar-refractivity contribution in [2.45, 2.75) is 39.5 Å². The van der Waals surface area contributed by atoms with E-state index in [-0.39, 0.29) is 5.91 Å². The van der Waals surface area contributed by atoms with Crippen LogP contribution in [0, 0.1) is 6.92 Å². The summed E-state index contributed by atoms with van der Waals surface area (Å²) in [7, 11) is 1.88. The molecule has 4 rings (SSSR count). The molecule has 1 amide bonds. The number of fused-ring (bicyclic) bond motifs is 1. The standard InChI is InChI=1S/C22H24N4O2/c1-14-10-15(19-11-20(22(2,3)28)24-25(19)4)7-8-16(14)12-26-13-18-17(21(26)27)6-5-9-23-18/h5-11,28H,12-13H2,1-4H3. The highest BCUT2D eigenvalue weighted by molar-refractivity contribution is 5.97. The molecular weight excluding hydrogens is 352 g/mol.